The molecule has 0 bridgehead atoms. The van der Waals surface area contributed by atoms with Gasteiger partial charge in [0, 0.05) is 39.0 Å². The SMILES string of the molecule is CC(=O)CCC(=O)N(CCCCNC(=O)c1ccccc1O)CCCNC(=O)c1cccc(O)c1O. The molecule has 5 N–H and O–H groups in total. The van der Waals surface area contributed by atoms with Gasteiger partial charge < -0.3 is 35.6 Å². The van der Waals surface area contributed by atoms with E-state index in [0.717, 1.165) is 0 Å². The molecule has 2 aromatic rings. The van der Waals surface area contributed by atoms with Crippen LogP contribution in [0, 0.1) is 0 Å². The molecule has 0 saturated carbocycles. The highest BCUT2D eigenvalue weighted by Crippen LogP contribution is 2.27. The van der Waals surface area contributed by atoms with Crippen molar-refractivity contribution in [3.8, 4) is 17.2 Å². The van der Waals surface area contributed by atoms with E-state index in [2.05, 4.69) is 10.6 Å². The number of hydrogen-bond acceptors (Lipinski definition) is 7. The smallest absolute Gasteiger partial charge is 0.255 e. The first kappa shape index (κ1) is 28.2. The molecule has 0 atom stereocenters. The van der Waals surface area contributed by atoms with Crippen LogP contribution in [0.15, 0.2) is 42.5 Å². The maximum absolute atomic E-state index is 12.6. The number of phenols is 3. The fourth-order valence-corrected chi connectivity index (χ4v) is 3.47. The second kappa shape index (κ2) is 14.3. The van der Waals surface area contributed by atoms with Crippen LogP contribution in [-0.2, 0) is 9.59 Å². The van der Waals surface area contributed by atoms with Gasteiger partial charge in [-0.05, 0) is 50.5 Å². The highest BCUT2D eigenvalue weighted by molar-refractivity contribution is 5.97. The summed E-state index contributed by atoms with van der Waals surface area (Å²) in [6.45, 7) is 2.81. The van der Waals surface area contributed by atoms with Crippen molar-refractivity contribution >= 4 is 23.5 Å². The number of rotatable bonds is 14. The second-order valence-electron chi connectivity index (χ2n) is 8.35. The molecule has 2 aromatic carbocycles. The Labute approximate surface area is 209 Å². The Balaban J connectivity index is 1.80. The van der Waals surface area contributed by atoms with Crippen molar-refractivity contribution in [3.63, 3.8) is 0 Å². The Morgan fingerprint density at radius 1 is 0.722 bits per heavy atom. The Kier molecular flexibility index (Phi) is 11.2. The summed E-state index contributed by atoms with van der Waals surface area (Å²) in [5, 5.41) is 34.5. The molecule has 0 radical (unpaired) electrons. The summed E-state index contributed by atoms with van der Waals surface area (Å²) >= 11 is 0. The fourth-order valence-electron chi connectivity index (χ4n) is 3.47. The number of hydrogen-bond donors (Lipinski definition) is 5. The normalized spacial score (nSPS) is 10.5. The quantitative estimate of drug-likeness (QED) is 0.197. The van der Waals surface area contributed by atoms with Crippen molar-refractivity contribution in [2.75, 3.05) is 26.2 Å². The number of para-hydroxylation sites is 2. The van der Waals surface area contributed by atoms with Gasteiger partial charge in [-0.2, -0.15) is 0 Å². The van der Waals surface area contributed by atoms with Crippen LogP contribution in [0.3, 0.4) is 0 Å². The number of Topliss-reactive ketones (excluding diaryl/α,β-unsaturated/α-hetero) is 1. The zero-order chi connectivity index (χ0) is 26.5. The van der Waals surface area contributed by atoms with Crippen LogP contribution in [0.4, 0.5) is 0 Å². The third-order valence-electron chi connectivity index (χ3n) is 5.48. The van der Waals surface area contributed by atoms with Crippen molar-refractivity contribution in [1.29, 1.82) is 0 Å². The molecule has 0 saturated heterocycles. The number of benzene rings is 2. The third kappa shape index (κ3) is 8.94. The van der Waals surface area contributed by atoms with Gasteiger partial charge in [0.05, 0.1) is 11.1 Å². The monoisotopic (exact) mass is 499 g/mol. The van der Waals surface area contributed by atoms with Crippen molar-refractivity contribution in [2.24, 2.45) is 0 Å². The largest absolute Gasteiger partial charge is 0.507 e. The van der Waals surface area contributed by atoms with Gasteiger partial charge in [0.25, 0.3) is 11.8 Å². The van der Waals surface area contributed by atoms with Gasteiger partial charge in [-0.1, -0.05) is 18.2 Å². The van der Waals surface area contributed by atoms with Crippen LogP contribution < -0.4 is 10.6 Å². The van der Waals surface area contributed by atoms with Crippen LogP contribution in [0.2, 0.25) is 0 Å². The van der Waals surface area contributed by atoms with Crippen LogP contribution in [0.5, 0.6) is 17.2 Å². The Hall–Kier alpha value is -4.08. The van der Waals surface area contributed by atoms with E-state index >= 15 is 0 Å². The van der Waals surface area contributed by atoms with Crippen molar-refractivity contribution in [3.05, 3.63) is 53.6 Å². The number of unbranched alkanes of at least 4 members (excludes halogenated alkanes) is 1. The highest BCUT2D eigenvalue weighted by Gasteiger charge is 2.16. The molecule has 0 aromatic heterocycles. The van der Waals surface area contributed by atoms with Gasteiger partial charge >= 0.3 is 0 Å². The van der Waals surface area contributed by atoms with Crippen molar-refractivity contribution < 1.29 is 34.5 Å². The average molecular weight is 500 g/mol. The molecule has 0 heterocycles. The van der Waals surface area contributed by atoms with Crippen molar-refractivity contribution in [2.45, 2.75) is 39.0 Å². The number of nitrogens with zero attached hydrogens (tertiary/aromatic N) is 1. The van der Waals surface area contributed by atoms with E-state index in [1.54, 1.807) is 17.0 Å². The van der Waals surface area contributed by atoms with Gasteiger partial charge in [-0.15, -0.1) is 0 Å². The first-order valence-electron chi connectivity index (χ1n) is 11.8. The van der Waals surface area contributed by atoms with Gasteiger partial charge in [0.15, 0.2) is 11.5 Å². The maximum Gasteiger partial charge on any atom is 0.255 e. The Morgan fingerprint density at radius 2 is 1.31 bits per heavy atom. The summed E-state index contributed by atoms with van der Waals surface area (Å²) in [5.41, 5.74) is 0.148. The average Bonchev–Trinajstić information content (AvgIpc) is 2.85. The predicted octanol–water partition coefficient (Wildman–Crippen LogP) is 2.33. The first-order chi connectivity index (χ1) is 17.2. The minimum absolute atomic E-state index is 0.0461. The van der Waals surface area contributed by atoms with Gasteiger partial charge in [-0.3, -0.25) is 14.4 Å². The molecular weight excluding hydrogens is 466 g/mol. The van der Waals surface area contributed by atoms with E-state index in [9.17, 15) is 34.5 Å². The molecule has 0 fully saturated rings. The van der Waals surface area contributed by atoms with Crippen LogP contribution >= 0.6 is 0 Å². The molecule has 0 aliphatic carbocycles. The minimum atomic E-state index is -0.543. The summed E-state index contributed by atoms with van der Waals surface area (Å²) in [6, 6.07) is 10.4. The molecule has 194 valence electrons. The highest BCUT2D eigenvalue weighted by atomic mass is 16.3. The predicted molar refractivity (Wildman–Crippen MR) is 133 cm³/mol. The molecular formula is C26H33N3O7. The zero-order valence-electron chi connectivity index (χ0n) is 20.3. The lowest BCUT2D eigenvalue weighted by Gasteiger charge is -2.23. The Bertz CT molecular complexity index is 1070. The van der Waals surface area contributed by atoms with Crippen LogP contribution in [0.25, 0.3) is 0 Å². The molecule has 10 nitrogen and oxygen atoms in total. The van der Waals surface area contributed by atoms with Crippen LogP contribution in [-0.4, -0.2) is 69.9 Å². The van der Waals surface area contributed by atoms with Gasteiger partial charge in [0.1, 0.15) is 11.5 Å². The molecule has 10 heteroatoms. The zero-order valence-corrected chi connectivity index (χ0v) is 20.3. The summed E-state index contributed by atoms with van der Waals surface area (Å²) in [7, 11) is 0. The summed E-state index contributed by atoms with van der Waals surface area (Å²) in [6.07, 6.45) is 1.91. The number of aromatic hydroxyl groups is 3. The lowest BCUT2D eigenvalue weighted by molar-refractivity contribution is -0.133. The van der Waals surface area contributed by atoms with Crippen molar-refractivity contribution in [1.82, 2.24) is 15.5 Å². The second-order valence-corrected chi connectivity index (χ2v) is 8.35. The fraction of sp³-hybridized carbons (Fsp3) is 0.385. The van der Waals surface area contributed by atoms with Gasteiger partial charge in [0.2, 0.25) is 5.91 Å². The molecule has 0 aliphatic rings. The number of ketones is 1. The van der Waals surface area contributed by atoms with E-state index in [0.29, 0.717) is 38.9 Å². The van der Waals surface area contributed by atoms with E-state index in [-0.39, 0.29) is 59.6 Å². The molecule has 36 heavy (non-hydrogen) atoms. The third-order valence-corrected chi connectivity index (χ3v) is 5.48. The van der Waals surface area contributed by atoms with E-state index in [1.165, 1.54) is 37.3 Å². The number of carbonyl (C=O) groups is 4. The first-order valence-corrected chi connectivity index (χ1v) is 11.8. The number of phenolic OH excluding ortho intramolecular Hbond substituents is 3. The van der Waals surface area contributed by atoms with E-state index in [1.807, 2.05) is 0 Å². The standard InChI is InChI=1S/C26H33N3O7/c1-18(30)12-13-23(33)29(16-5-4-14-27-25(35)19-8-2-3-10-21(19)31)17-7-15-28-26(36)20-9-6-11-22(32)24(20)34/h2-3,6,8-11,31-32,34H,4-5,7,12-17H2,1H3,(H,27,35)(H,28,36). The number of amides is 3. The van der Waals surface area contributed by atoms with Gasteiger partial charge in [-0.25, -0.2) is 0 Å². The minimum Gasteiger partial charge on any atom is -0.507 e. The lowest BCUT2D eigenvalue weighted by atomic mass is 10.1. The lowest BCUT2D eigenvalue weighted by Crippen LogP contribution is -2.35. The molecule has 2 rings (SSSR count). The number of carbonyl (C=O) groups excluding carboxylic acids is 4. The van der Waals surface area contributed by atoms with E-state index < -0.39 is 11.7 Å². The molecule has 0 aliphatic heterocycles. The summed E-state index contributed by atoms with van der Waals surface area (Å²) in [4.78, 5) is 49.9. The van der Waals surface area contributed by atoms with Crippen LogP contribution in [0.1, 0.15) is 59.7 Å². The summed E-state index contributed by atoms with van der Waals surface area (Å²) in [5.74, 6) is -2.14. The van der Waals surface area contributed by atoms with E-state index in [4.69, 9.17) is 0 Å². The molecule has 0 unspecified atom stereocenters. The summed E-state index contributed by atoms with van der Waals surface area (Å²) < 4.78 is 0. The molecule has 3 amide bonds. The topological polar surface area (TPSA) is 156 Å². The Morgan fingerprint density at radius 3 is 2.00 bits per heavy atom. The number of nitrogens with one attached hydrogen (secondary N) is 2. The molecule has 0 spiro atoms. The maximum atomic E-state index is 12.6.